The zero-order valence-electron chi connectivity index (χ0n) is 28.4. The van der Waals surface area contributed by atoms with Crippen LogP contribution in [0.4, 0.5) is 0 Å². The van der Waals surface area contributed by atoms with E-state index < -0.39 is 49.5 Å². The van der Waals surface area contributed by atoms with Crippen molar-refractivity contribution in [3.8, 4) is 0 Å². The molecule has 1 amide bonds. The van der Waals surface area contributed by atoms with E-state index in [2.05, 4.69) is 31.3 Å². The lowest BCUT2D eigenvalue weighted by molar-refractivity contribution is -0.302. The summed E-state index contributed by atoms with van der Waals surface area (Å²) in [6.07, 6.45) is 22.5. The number of carbonyl (C=O) groups is 1. The zero-order chi connectivity index (χ0) is 33.1. The number of hydrogen-bond donors (Lipinski definition) is 6. The molecule has 0 bridgehead atoms. The van der Waals surface area contributed by atoms with Crippen LogP contribution in [0, 0.1) is 0 Å². The highest BCUT2D eigenvalue weighted by atomic mass is 16.7. The van der Waals surface area contributed by atoms with Gasteiger partial charge in [0.25, 0.3) is 0 Å². The third-order valence-corrected chi connectivity index (χ3v) is 8.52. The molecule has 264 valence electrons. The molecular weight excluding hydrogens is 574 g/mol. The van der Waals surface area contributed by atoms with E-state index in [1.807, 2.05) is 6.08 Å². The number of amides is 1. The Kier molecular flexibility index (Phi) is 25.7. The molecule has 0 spiro atoms. The molecule has 7 atom stereocenters. The van der Waals surface area contributed by atoms with E-state index in [1.54, 1.807) is 6.08 Å². The van der Waals surface area contributed by atoms with Gasteiger partial charge in [-0.2, -0.15) is 0 Å². The van der Waals surface area contributed by atoms with Crippen LogP contribution in [0.5, 0.6) is 0 Å². The van der Waals surface area contributed by atoms with Gasteiger partial charge in [-0.05, 0) is 44.9 Å². The Bertz CT molecular complexity index is 761. The van der Waals surface area contributed by atoms with Gasteiger partial charge < -0.3 is 40.3 Å². The van der Waals surface area contributed by atoms with Gasteiger partial charge in [0.05, 0.1) is 25.4 Å². The Balaban J connectivity index is 2.39. The van der Waals surface area contributed by atoms with E-state index in [-0.39, 0.29) is 12.5 Å². The molecule has 0 aliphatic carbocycles. The number of rotatable bonds is 28. The average Bonchev–Trinajstić information content (AvgIpc) is 3.04. The zero-order valence-corrected chi connectivity index (χ0v) is 28.4. The number of aliphatic hydroxyl groups is 5. The molecule has 6 N–H and O–H groups in total. The van der Waals surface area contributed by atoms with E-state index in [4.69, 9.17) is 9.47 Å². The lowest BCUT2D eigenvalue weighted by Crippen LogP contribution is -2.60. The number of allylic oxidation sites excluding steroid dienone is 3. The maximum absolute atomic E-state index is 12.8. The van der Waals surface area contributed by atoms with Crippen LogP contribution in [0.1, 0.15) is 142 Å². The highest BCUT2D eigenvalue weighted by molar-refractivity contribution is 5.76. The highest BCUT2D eigenvalue weighted by Gasteiger charge is 2.44. The lowest BCUT2D eigenvalue weighted by atomic mass is 9.99. The van der Waals surface area contributed by atoms with E-state index >= 15 is 0 Å². The molecular formula is C36H67NO8. The molecule has 0 aromatic carbocycles. The van der Waals surface area contributed by atoms with Crippen LogP contribution in [0.2, 0.25) is 0 Å². The fourth-order valence-corrected chi connectivity index (χ4v) is 5.50. The van der Waals surface area contributed by atoms with Crippen LogP contribution in [0.25, 0.3) is 0 Å². The van der Waals surface area contributed by atoms with Crippen molar-refractivity contribution in [3.05, 3.63) is 24.3 Å². The molecule has 7 unspecified atom stereocenters. The molecule has 0 radical (unpaired) electrons. The van der Waals surface area contributed by atoms with E-state index in [0.717, 1.165) is 64.2 Å². The second kappa shape index (κ2) is 27.8. The van der Waals surface area contributed by atoms with Gasteiger partial charge in [0.15, 0.2) is 6.29 Å². The molecule has 0 aromatic rings. The fourth-order valence-electron chi connectivity index (χ4n) is 5.50. The van der Waals surface area contributed by atoms with Gasteiger partial charge in [0.1, 0.15) is 24.4 Å². The predicted octanol–water partition coefficient (Wildman–Crippen LogP) is 5.60. The molecule has 1 aliphatic rings. The van der Waals surface area contributed by atoms with Gasteiger partial charge in [-0.1, -0.05) is 115 Å². The van der Waals surface area contributed by atoms with E-state index in [1.165, 1.54) is 57.8 Å². The van der Waals surface area contributed by atoms with Gasteiger partial charge in [0, 0.05) is 6.42 Å². The molecule has 45 heavy (non-hydrogen) atoms. The van der Waals surface area contributed by atoms with Gasteiger partial charge >= 0.3 is 0 Å². The smallest absolute Gasteiger partial charge is 0.220 e. The van der Waals surface area contributed by atoms with Crippen molar-refractivity contribution >= 4 is 5.91 Å². The van der Waals surface area contributed by atoms with E-state index in [0.29, 0.717) is 6.42 Å². The molecule has 1 heterocycles. The van der Waals surface area contributed by atoms with E-state index in [9.17, 15) is 30.3 Å². The summed E-state index contributed by atoms with van der Waals surface area (Å²) in [6, 6.07) is -0.801. The van der Waals surface area contributed by atoms with Crippen molar-refractivity contribution in [1.82, 2.24) is 5.32 Å². The van der Waals surface area contributed by atoms with Crippen LogP contribution >= 0.6 is 0 Å². The Labute approximate surface area is 273 Å². The Morgan fingerprint density at radius 3 is 1.82 bits per heavy atom. The van der Waals surface area contributed by atoms with Gasteiger partial charge in [-0.15, -0.1) is 0 Å². The summed E-state index contributed by atoms with van der Waals surface area (Å²) in [5, 5.41) is 53.5. The number of nitrogens with one attached hydrogen (secondary N) is 1. The summed E-state index contributed by atoms with van der Waals surface area (Å²) < 4.78 is 11.1. The molecule has 1 aliphatic heterocycles. The second-order valence-corrected chi connectivity index (χ2v) is 12.7. The van der Waals surface area contributed by atoms with Crippen molar-refractivity contribution in [3.63, 3.8) is 0 Å². The minimum Gasteiger partial charge on any atom is -0.394 e. The van der Waals surface area contributed by atoms with Crippen LogP contribution in [0.3, 0.4) is 0 Å². The van der Waals surface area contributed by atoms with Gasteiger partial charge in [0.2, 0.25) is 5.91 Å². The molecule has 9 nitrogen and oxygen atoms in total. The summed E-state index contributed by atoms with van der Waals surface area (Å²) in [5.41, 5.74) is 0. The molecule has 0 aromatic heterocycles. The third kappa shape index (κ3) is 19.8. The molecule has 1 saturated heterocycles. The quantitative estimate of drug-likeness (QED) is 0.0478. The second-order valence-electron chi connectivity index (χ2n) is 12.7. The largest absolute Gasteiger partial charge is 0.394 e. The molecule has 1 fully saturated rings. The normalized spacial score (nSPS) is 23.6. The first-order valence-electron chi connectivity index (χ1n) is 18.1. The van der Waals surface area contributed by atoms with Crippen molar-refractivity contribution in [1.29, 1.82) is 0 Å². The topological polar surface area (TPSA) is 149 Å². The first kappa shape index (κ1) is 41.7. The number of aliphatic hydroxyl groups excluding tert-OH is 5. The van der Waals surface area contributed by atoms with Crippen LogP contribution < -0.4 is 5.32 Å². The van der Waals surface area contributed by atoms with Crippen molar-refractivity contribution in [2.24, 2.45) is 0 Å². The Hall–Kier alpha value is -1.33. The van der Waals surface area contributed by atoms with Crippen molar-refractivity contribution in [2.45, 2.75) is 185 Å². The first-order valence-corrected chi connectivity index (χ1v) is 18.1. The maximum Gasteiger partial charge on any atom is 0.220 e. The summed E-state index contributed by atoms with van der Waals surface area (Å²) in [7, 11) is 0. The SMILES string of the molecule is CCCCCC/C=C/C(O)C(COC1OC(CO)C(O)C(O)C1O)NC(=O)CCCCCCC/C=C\CCCCCCCCC. The van der Waals surface area contributed by atoms with Crippen LogP contribution in [0.15, 0.2) is 24.3 Å². The van der Waals surface area contributed by atoms with Gasteiger partial charge in [-0.3, -0.25) is 4.79 Å². The van der Waals surface area contributed by atoms with Gasteiger partial charge in [-0.25, -0.2) is 0 Å². The predicted molar refractivity (Wildman–Crippen MR) is 180 cm³/mol. The summed E-state index contributed by atoms with van der Waals surface area (Å²) in [4.78, 5) is 12.8. The Morgan fingerprint density at radius 2 is 1.24 bits per heavy atom. The van der Waals surface area contributed by atoms with Crippen molar-refractivity contribution in [2.75, 3.05) is 13.2 Å². The maximum atomic E-state index is 12.8. The summed E-state index contributed by atoms with van der Waals surface area (Å²) >= 11 is 0. The number of ether oxygens (including phenoxy) is 2. The number of carbonyl (C=O) groups excluding carboxylic acids is 1. The monoisotopic (exact) mass is 641 g/mol. The van der Waals surface area contributed by atoms with Crippen LogP contribution in [-0.4, -0.2) is 87.5 Å². The first-order chi connectivity index (χ1) is 21.8. The number of unbranched alkanes of at least 4 members (excludes halogenated alkanes) is 16. The molecule has 9 heteroatoms. The standard InChI is InChI=1S/C36H67NO8/c1-3-5-7-9-11-12-13-14-15-16-17-18-19-20-22-24-26-32(40)37-29(30(39)25-23-21-10-8-6-4-2)28-44-36-35(43)34(42)33(41)31(27-38)45-36/h15-16,23,25,29-31,33-36,38-39,41-43H,3-14,17-22,24,26-28H2,1-2H3,(H,37,40)/b16-15-,25-23+. The fraction of sp³-hybridized carbons (Fsp3) is 0.861. The summed E-state index contributed by atoms with van der Waals surface area (Å²) in [6.45, 7) is 3.65. The number of hydrogen-bond acceptors (Lipinski definition) is 8. The lowest BCUT2D eigenvalue weighted by Gasteiger charge is -2.40. The minimum atomic E-state index is -1.56. The summed E-state index contributed by atoms with van der Waals surface area (Å²) in [5.74, 6) is -0.193. The van der Waals surface area contributed by atoms with Crippen LogP contribution in [-0.2, 0) is 14.3 Å². The minimum absolute atomic E-state index is 0.192. The molecule has 0 saturated carbocycles. The molecule has 1 rings (SSSR count). The van der Waals surface area contributed by atoms with Crippen molar-refractivity contribution < 1.29 is 39.8 Å². The average molecular weight is 642 g/mol. The Morgan fingerprint density at radius 1 is 0.733 bits per heavy atom. The highest BCUT2D eigenvalue weighted by Crippen LogP contribution is 2.22. The third-order valence-electron chi connectivity index (χ3n) is 8.52.